The molecule has 0 aliphatic heterocycles. The lowest BCUT2D eigenvalue weighted by Gasteiger charge is -1.96. The molecule has 1 N–H and O–H groups in total. The predicted octanol–water partition coefficient (Wildman–Crippen LogP) is 0.785. The zero-order chi connectivity index (χ0) is 11.2. The molecule has 0 radical (unpaired) electrons. The molecule has 2 heterocycles. The van der Waals surface area contributed by atoms with Crippen molar-refractivity contribution in [2.45, 2.75) is 19.3 Å². The Morgan fingerprint density at radius 1 is 1.00 bits per heavy atom. The van der Waals surface area contributed by atoms with Gasteiger partial charge in [-0.1, -0.05) is 0 Å². The smallest absolute Gasteiger partial charge is 0.218 e. The largest absolute Gasteiger partial charge is 0.425 e. The fourth-order valence-electron chi connectivity index (χ4n) is 1.39. The van der Waals surface area contributed by atoms with Gasteiger partial charge in [0.2, 0.25) is 11.8 Å². The van der Waals surface area contributed by atoms with E-state index in [4.69, 9.17) is 9.52 Å². The van der Waals surface area contributed by atoms with Crippen molar-refractivity contribution in [1.82, 2.24) is 15.2 Å². The fraction of sp³-hybridized carbons (Fsp3) is 0.364. The van der Waals surface area contributed by atoms with Crippen LogP contribution in [-0.2, 0) is 19.3 Å². The van der Waals surface area contributed by atoms with Crippen molar-refractivity contribution in [2.24, 2.45) is 0 Å². The Balaban J connectivity index is 1.89. The van der Waals surface area contributed by atoms with Gasteiger partial charge in [-0.05, 0) is 24.1 Å². The molecule has 0 amide bonds. The first kappa shape index (κ1) is 10.8. The maximum absolute atomic E-state index is 8.70. The monoisotopic (exact) mass is 219 g/mol. The van der Waals surface area contributed by atoms with Crippen LogP contribution in [0.1, 0.15) is 17.3 Å². The Hall–Kier alpha value is -1.75. The van der Waals surface area contributed by atoms with E-state index >= 15 is 0 Å². The van der Waals surface area contributed by atoms with Crippen LogP contribution in [0.15, 0.2) is 28.9 Å². The molecular weight excluding hydrogens is 206 g/mol. The third-order valence-corrected chi connectivity index (χ3v) is 2.21. The van der Waals surface area contributed by atoms with Gasteiger partial charge in [0.25, 0.3) is 0 Å². The Morgan fingerprint density at radius 2 is 1.69 bits per heavy atom. The number of nitrogens with zero attached hydrogens (tertiary/aromatic N) is 3. The summed E-state index contributed by atoms with van der Waals surface area (Å²) in [6.45, 7) is 0.0337. The minimum Gasteiger partial charge on any atom is -0.425 e. The highest BCUT2D eigenvalue weighted by Crippen LogP contribution is 2.06. The van der Waals surface area contributed by atoms with Gasteiger partial charge in [-0.15, -0.1) is 10.2 Å². The molecule has 5 heteroatoms. The average molecular weight is 219 g/mol. The molecule has 2 rings (SSSR count). The predicted molar refractivity (Wildman–Crippen MR) is 56.7 cm³/mol. The summed E-state index contributed by atoms with van der Waals surface area (Å²) < 4.78 is 5.35. The number of aliphatic hydroxyl groups excluding tert-OH is 1. The molecule has 0 unspecified atom stereocenters. The molecule has 0 bridgehead atoms. The second kappa shape index (κ2) is 5.37. The van der Waals surface area contributed by atoms with E-state index in [0.717, 1.165) is 6.42 Å². The summed E-state index contributed by atoms with van der Waals surface area (Å²) in [5.74, 6) is 1.10. The summed E-state index contributed by atoms with van der Waals surface area (Å²) in [6, 6.07) is 3.93. The van der Waals surface area contributed by atoms with Crippen LogP contribution in [0.5, 0.6) is 0 Å². The first-order valence-electron chi connectivity index (χ1n) is 5.19. The van der Waals surface area contributed by atoms with E-state index < -0.39 is 0 Å². The molecule has 0 aliphatic rings. The molecule has 2 aromatic rings. The molecule has 84 valence electrons. The number of aryl methyl sites for hydroxylation is 2. The van der Waals surface area contributed by atoms with E-state index in [-0.39, 0.29) is 6.61 Å². The molecule has 0 aliphatic carbocycles. The van der Waals surface area contributed by atoms with Crippen molar-refractivity contribution in [3.8, 4) is 0 Å². The topological polar surface area (TPSA) is 72.0 Å². The van der Waals surface area contributed by atoms with Crippen LogP contribution in [0.3, 0.4) is 0 Å². The van der Waals surface area contributed by atoms with E-state index in [1.165, 1.54) is 5.56 Å². The zero-order valence-corrected chi connectivity index (χ0v) is 8.83. The van der Waals surface area contributed by atoms with E-state index in [1.807, 2.05) is 12.1 Å². The molecule has 0 fully saturated rings. The highest BCUT2D eigenvalue weighted by molar-refractivity contribution is 5.10. The highest BCUT2D eigenvalue weighted by atomic mass is 16.4. The van der Waals surface area contributed by atoms with E-state index in [1.54, 1.807) is 12.4 Å². The number of rotatable bonds is 5. The first-order valence-corrected chi connectivity index (χ1v) is 5.19. The number of hydrogen-bond acceptors (Lipinski definition) is 5. The second-order valence-electron chi connectivity index (χ2n) is 3.42. The summed E-state index contributed by atoms with van der Waals surface area (Å²) in [5.41, 5.74) is 1.19. The lowest BCUT2D eigenvalue weighted by molar-refractivity contribution is 0.283. The number of pyridine rings is 1. The quantitative estimate of drug-likeness (QED) is 0.804. The van der Waals surface area contributed by atoms with Crippen molar-refractivity contribution in [2.75, 3.05) is 6.61 Å². The minimum atomic E-state index is 0.0337. The molecule has 0 atom stereocenters. The standard InChI is InChI=1S/C11H13N3O2/c15-8-5-11-14-13-10(16-11)2-1-9-3-6-12-7-4-9/h3-4,6-7,15H,1-2,5,8H2. The van der Waals surface area contributed by atoms with Crippen LogP contribution in [-0.4, -0.2) is 26.9 Å². The van der Waals surface area contributed by atoms with E-state index in [9.17, 15) is 0 Å². The van der Waals surface area contributed by atoms with Crippen LogP contribution >= 0.6 is 0 Å². The third kappa shape index (κ3) is 2.87. The van der Waals surface area contributed by atoms with Crippen molar-refractivity contribution in [1.29, 1.82) is 0 Å². The summed E-state index contributed by atoms with van der Waals surface area (Å²) in [7, 11) is 0. The van der Waals surface area contributed by atoms with Crippen LogP contribution in [0.4, 0.5) is 0 Å². The van der Waals surface area contributed by atoms with Gasteiger partial charge in [0.1, 0.15) is 0 Å². The molecule has 16 heavy (non-hydrogen) atoms. The maximum Gasteiger partial charge on any atom is 0.218 e. The van der Waals surface area contributed by atoms with E-state index in [0.29, 0.717) is 24.6 Å². The lowest BCUT2D eigenvalue weighted by atomic mass is 10.1. The summed E-state index contributed by atoms with van der Waals surface area (Å²) in [6.07, 6.45) is 5.51. The number of hydrogen-bond donors (Lipinski definition) is 1. The lowest BCUT2D eigenvalue weighted by Crippen LogP contribution is -1.91. The normalized spacial score (nSPS) is 10.6. The van der Waals surface area contributed by atoms with Gasteiger partial charge >= 0.3 is 0 Å². The van der Waals surface area contributed by atoms with E-state index in [2.05, 4.69) is 15.2 Å². The molecule has 2 aromatic heterocycles. The maximum atomic E-state index is 8.70. The molecule has 0 aromatic carbocycles. The van der Waals surface area contributed by atoms with Gasteiger partial charge in [0, 0.05) is 25.2 Å². The SMILES string of the molecule is OCCc1nnc(CCc2ccncc2)o1. The van der Waals surface area contributed by atoms with Crippen LogP contribution in [0.25, 0.3) is 0 Å². The van der Waals surface area contributed by atoms with Crippen molar-refractivity contribution in [3.63, 3.8) is 0 Å². The van der Waals surface area contributed by atoms with Gasteiger partial charge in [0.05, 0.1) is 6.61 Å². The van der Waals surface area contributed by atoms with Crippen molar-refractivity contribution in [3.05, 3.63) is 41.9 Å². The number of aliphatic hydroxyl groups is 1. The Bertz CT molecular complexity index is 428. The molecule has 0 saturated heterocycles. The van der Waals surface area contributed by atoms with Gasteiger partial charge in [-0.3, -0.25) is 4.98 Å². The Labute approximate surface area is 93.2 Å². The third-order valence-electron chi connectivity index (χ3n) is 2.21. The molecular formula is C11H13N3O2. The second-order valence-corrected chi connectivity index (χ2v) is 3.42. The Kier molecular flexibility index (Phi) is 3.61. The molecule has 0 spiro atoms. The highest BCUT2D eigenvalue weighted by Gasteiger charge is 2.05. The van der Waals surface area contributed by atoms with Gasteiger partial charge in [0.15, 0.2) is 0 Å². The first-order chi connectivity index (χ1) is 7.88. The van der Waals surface area contributed by atoms with Crippen LogP contribution < -0.4 is 0 Å². The summed E-state index contributed by atoms with van der Waals surface area (Å²) >= 11 is 0. The van der Waals surface area contributed by atoms with Crippen LogP contribution in [0.2, 0.25) is 0 Å². The fourth-order valence-corrected chi connectivity index (χ4v) is 1.39. The van der Waals surface area contributed by atoms with Gasteiger partial charge in [-0.25, -0.2) is 0 Å². The minimum absolute atomic E-state index is 0.0337. The molecule has 5 nitrogen and oxygen atoms in total. The van der Waals surface area contributed by atoms with Crippen molar-refractivity contribution >= 4 is 0 Å². The Morgan fingerprint density at radius 3 is 2.38 bits per heavy atom. The summed E-state index contributed by atoms with van der Waals surface area (Å²) in [5, 5.41) is 16.4. The van der Waals surface area contributed by atoms with Crippen molar-refractivity contribution < 1.29 is 9.52 Å². The average Bonchev–Trinajstić information content (AvgIpc) is 2.76. The summed E-state index contributed by atoms with van der Waals surface area (Å²) in [4.78, 5) is 3.95. The van der Waals surface area contributed by atoms with Gasteiger partial charge < -0.3 is 9.52 Å². The number of aromatic nitrogens is 3. The van der Waals surface area contributed by atoms with Gasteiger partial charge in [-0.2, -0.15) is 0 Å². The zero-order valence-electron chi connectivity index (χ0n) is 8.83. The molecule has 0 saturated carbocycles. The van der Waals surface area contributed by atoms with Crippen LogP contribution in [0, 0.1) is 0 Å².